The van der Waals surface area contributed by atoms with Gasteiger partial charge in [0.25, 0.3) is 0 Å². The van der Waals surface area contributed by atoms with Gasteiger partial charge in [-0.05, 0) is 36.8 Å². The minimum Gasteiger partial charge on any atom is -0.375 e. The predicted octanol–water partition coefficient (Wildman–Crippen LogP) is 3.28. The second-order valence-electron chi connectivity index (χ2n) is 8.24. The predicted molar refractivity (Wildman–Crippen MR) is 119 cm³/mol. The van der Waals surface area contributed by atoms with Crippen LogP contribution in [-0.4, -0.2) is 70.0 Å². The number of amides is 2. The Labute approximate surface area is 195 Å². The number of nitrogens with zero attached hydrogens (tertiary/aromatic N) is 5. The fraction of sp³-hybridized carbons (Fsp3) is 0.435. The molecule has 8 nitrogen and oxygen atoms in total. The minimum absolute atomic E-state index is 0.147. The zero-order valence-electron chi connectivity index (χ0n) is 19.0. The van der Waals surface area contributed by atoms with Gasteiger partial charge in [0, 0.05) is 52.0 Å². The van der Waals surface area contributed by atoms with Gasteiger partial charge in [-0.15, -0.1) is 0 Å². The molecule has 4 rings (SSSR count). The van der Waals surface area contributed by atoms with Crippen molar-refractivity contribution in [1.29, 1.82) is 0 Å². The standard InChI is InChI=1S/C23H27F3N6O2/c1-16-28-15-32(29-16)20-8-7-19(13-21(20)34-2)30-9-11-31(12-10-30)22(33)27-14-17-3-5-18(6-4-17)23(24,25)26/h3-8,15,21H,9-14H2,1-2H3,(H,27,33). The Hall–Kier alpha value is -3.34. The molecule has 11 heteroatoms. The van der Waals surface area contributed by atoms with E-state index >= 15 is 0 Å². The molecular formula is C23H27F3N6O2. The Morgan fingerprint density at radius 1 is 1.15 bits per heavy atom. The fourth-order valence-electron chi connectivity index (χ4n) is 4.08. The SMILES string of the molecule is COC1CC(N2CCN(C(=O)NCc3ccc(C(F)(F)F)cc3)CC2)=CC=C1n1cnc(C)n1. The lowest BCUT2D eigenvalue weighted by Gasteiger charge is -2.39. The Morgan fingerprint density at radius 3 is 2.44 bits per heavy atom. The van der Waals surface area contributed by atoms with Gasteiger partial charge in [0.15, 0.2) is 0 Å². The number of ether oxygens (including phenoxy) is 1. The highest BCUT2D eigenvalue weighted by Crippen LogP contribution is 2.29. The van der Waals surface area contributed by atoms with E-state index in [4.69, 9.17) is 4.74 Å². The van der Waals surface area contributed by atoms with Gasteiger partial charge in [0.05, 0.1) is 11.3 Å². The van der Waals surface area contributed by atoms with Crippen LogP contribution in [0.25, 0.3) is 5.70 Å². The number of piperazine rings is 1. The van der Waals surface area contributed by atoms with E-state index in [1.165, 1.54) is 12.1 Å². The lowest BCUT2D eigenvalue weighted by molar-refractivity contribution is -0.137. The average molecular weight is 477 g/mol. The monoisotopic (exact) mass is 476 g/mol. The number of allylic oxidation sites excluding steroid dienone is 2. The number of rotatable bonds is 5. The molecular weight excluding hydrogens is 449 g/mol. The highest BCUT2D eigenvalue weighted by atomic mass is 19.4. The maximum atomic E-state index is 12.7. The molecule has 1 aliphatic heterocycles. The molecule has 1 aliphatic carbocycles. The van der Waals surface area contributed by atoms with Crippen molar-refractivity contribution in [1.82, 2.24) is 29.9 Å². The molecule has 2 aromatic rings. The maximum Gasteiger partial charge on any atom is 0.416 e. The van der Waals surface area contributed by atoms with E-state index in [0.717, 1.165) is 23.5 Å². The van der Waals surface area contributed by atoms with Gasteiger partial charge >= 0.3 is 12.2 Å². The highest BCUT2D eigenvalue weighted by molar-refractivity contribution is 5.74. The second-order valence-corrected chi connectivity index (χ2v) is 8.24. The van der Waals surface area contributed by atoms with Crippen LogP contribution in [0.2, 0.25) is 0 Å². The number of aryl methyl sites for hydroxylation is 1. The van der Waals surface area contributed by atoms with Crippen LogP contribution in [0, 0.1) is 6.92 Å². The van der Waals surface area contributed by atoms with E-state index in [0.29, 0.717) is 44.0 Å². The number of hydrogen-bond acceptors (Lipinski definition) is 5. The van der Waals surface area contributed by atoms with Crippen LogP contribution in [0.1, 0.15) is 23.4 Å². The average Bonchev–Trinajstić information content (AvgIpc) is 3.28. The molecule has 0 spiro atoms. The molecule has 2 amide bonds. The van der Waals surface area contributed by atoms with Crippen molar-refractivity contribution in [3.8, 4) is 0 Å². The first-order valence-corrected chi connectivity index (χ1v) is 11.0. The largest absolute Gasteiger partial charge is 0.416 e. The van der Waals surface area contributed by atoms with Crippen LogP contribution in [-0.2, 0) is 17.5 Å². The number of urea groups is 1. The van der Waals surface area contributed by atoms with Crippen LogP contribution in [0.15, 0.2) is 48.4 Å². The molecule has 182 valence electrons. The Balaban J connectivity index is 1.29. The summed E-state index contributed by atoms with van der Waals surface area (Å²) in [6, 6.07) is 4.58. The summed E-state index contributed by atoms with van der Waals surface area (Å²) in [7, 11) is 1.67. The van der Waals surface area contributed by atoms with Crippen LogP contribution in [0.5, 0.6) is 0 Å². The zero-order valence-corrected chi connectivity index (χ0v) is 19.0. The molecule has 2 aliphatic rings. The Bertz CT molecular complexity index is 1070. The first-order chi connectivity index (χ1) is 16.2. The summed E-state index contributed by atoms with van der Waals surface area (Å²) < 4.78 is 45.5. The van der Waals surface area contributed by atoms with E-state index < -0.39 is 11.7 Å². The third-order valence-corrected chi connectivity index (χ3v) is 6.02. The summed E-state index contributed by atoms with van der Waals surface area (Å²) in [4.78, 5) is 20.7. The van der Waals surface area contributed by atoms with Crippen molar-refractivity contribution in [3.05, 3.63) is 65.4 Å². The molecule has 1 fully saturated rings. The van der Waals surface area contributed by atoms with Crippen LogP contribution in [0.4, 0.5) is 18.0 Å². The molecule has 0 radical (unpaired) electrons. The number of halogens is 3. The second kappa shape index (κ2) is 9.88. The normalized spacial score (nSPS) is 19.0. The smallest absolute Gasteiger partial charge is 0.375 e. The first-order valence-electron chi connectivity index (χ1n) is 11.0. The van der Waals surface area contributed by atoms with Crippen molar-refractivity contribution in [2.24, 2.45) is 0 Å². The number of alkyl halides is 3. The van der Waals surface area contributed by atoms with Gasteiger partial charge in [-0.2, -0.15) is 18.3 Å². The van der Waals surface area contributed by atoms with E-state index in [2.05, 4.69) is 26.4 Å². The van der Waals surface area contributed by atoms with Gasteiger partial charge in [-0.25, -0.2) is 14.5 Å². The molecule has 1 aromatic heterocycles. The summed E-state index contributed by atoms with van der Waals surface area (Å²) in [5.74, 6) is 0.693. The van der Waals surface area contributed by atoms with Gasteiger partial charge in [-0.1, -0.05) is 12.1 Å². The van der Waals surface area contributed by atoms with Crippen LogP contribution >= 0.6 is 0 Å². The molecule has 34 heavy (non-hydrogen) atoms. The molecule has 1 unspecified atom stereocenters. The third kappa shape index (κ3) is 5.41. The topological polar surface area (TPSA) is 75.5 Å². The molecule has 1 N–H and O–H groups in total. The number of carbonyl (C=O) groups is 1. The van der Waals surface area contributed by atoms with Crippen LogP contribution in [0.3, 0.4) is 0 Å². The van der Waals surface area contributed by atoms with E-state index in [-0.39, 0.29) is 18.7 Å². The van der Waals surface area contributed by atoms with Crippen LogP contribution < -0.4 is 5.32 Å². The summed E-state index contributed by atoms with van der Waals surface area (Å²) >= 11 is 0. The third-order valence-electron chi connectivity index (χ3n) is 6.02. The zero-order chi connectivity index (χ0) is 24.3. The van der Waals surface area contributed by atoms with Gasteiger partial charge in [0.1, 0.15) is 18.3 Å². The highest BCUT2D eigenvalue weighted by Gasteiger charge is 2.30. The Morgan fingerprint density at radius 2 is 1.85 bits per heavy atom. The molecule has 1 aromatic carbocycles. The number of carbonyl (C=O) groups excluding carboxylic acids is 1. The number of aromatic nitrogens is 3. The summed E-state index contributed by atoms with van der Waals surface area (Å²) in [6.07, 6.45) is 1.90. The first kappa shape index (κ1) is 23.8. The quantitative estimate of drug-likeness (QED) is 0.717. The van der Waals surface area contributed by atoms with E-state index in [1.807, 2.05) is 13.0 Å². The van der Waals surface area contributed by atoms with E-state index in [9.17, 15) is 18.0 Å². The van der Waals surface area contributed by atoms with Crippen molar-refractivity contribution >= 4 is 11.7 Å². The summed E-state index contributed by atoms with van der Waals surface area (Å²) in [5.41, 5.74) is 1.97. The fourth-order valence-corrected chi connectivity index (χ4v) is 4.08. The Kier molecular flexibility index (Phi) is 6.92. The lowest BCUT2D eigenvalue weighted by Crippen LogP contribution is -2.51. The minimum atomic E-state index is -4.37. The van der Waals surface area contributed by atoms with Gasteiger partial charge < -0.3 is 19.9 Å². The summed E-state index contributed by atoms with van der Waals surface area (Å²) in [6.45, 7) is 4.47. The molecule has 0 bridgehead atoms. The molecule has 0 saturated carbocycles. The number of hydrogen-bond donors (Lipinski definition) is 1. The maximum absolute atomic E-state index is 12.7. The molecule has 2 heterocycles. The summed E-state index contributed by atoms with van der Waals surface area (Å²) in [5, 5.41) is 7.16. The lowest BCUT2D eigenvalue weighted by atomic mass is 10.0. The molecule has 1 atom stereocenters. The number of benzene rings is 1. The number of methoxy groups -OCH3 is 1. The van der Waals surface area contributed by atoms with Crippen molar-refractivity contribution in [3.63, 3.8) is 0 Å². The van der Waals surface area contributed by atoms with Gasteiger partial charge in [-0.3, -0.25) is 0 Å². The van der Waals surface area contributed by atoms with Crippen molar-refractivity contribution in [2.45, 2.75) is 32.2 Å². The van der Waals surface area contributed by atoms with Crippen molar-refractivity contribution < 1.29 is 22.7 Å². The number of nitrogens with one attached hydrogen (secondary N) is 1. The van der Waals surface area contributed by atoms with Gasteiger partial charge in [0.2, 0.25) is 0 Å². The van der Waals surface area contributed by atoms with Crippen molar-refractivity contribution in [2.75, 3.05) is 33.3 Å². The van der Waals surface area contributed by atoms with E-state index in [1.54, 1.807) is 23.0 Å². The molecule has 1 saturated heterocycles.